The maximum atomic E-state index is 10.3. The van der Waals surface area contributed by atoms with E-state index in [9.17, 15) is 5.11 Å². The molecule has 0 bridgehead atoms. The second-order valence-electron chi connectivity index (χ2n) is 5.28. The molecule has 1 aromatic heterocycles. The first-order valence-corrected chi connectivity index (χ1v) is 6.63. The Morgan fingerprint density at radius 3 is 2.84 bits per heavy atom. The van der Waals surface area contributed by atoms with Crippen LogP contribution in [0.2, 0.25) is 0 Å². The van der Waals surface area contributed by atoms with Gasteiger partial charge in [-0.2, -0.15) is 0 Å². The molecule has 100 valence electrons. The van der Waals surface area contributed by atoms with Crippen molar-refractivity contribution in [3.63, 3.8) is 0 Å². The number of nitrogen functional groups attached to an aromatic ring is 1. The van der Waals surface area contributed by atoms with E-state index in [1.807, 2.05) is 18.2 Å². The molecule has 0 atom stereocenters. The zero-order valence-electron chi connectivity index (χ0n) is 10.8. The van der Waals surface area contributed by atoms with Crippen LogP contribution >= 0.6 is 0 Å². The number of nitrogens with one attached hydrogen (secondary N) is 1. The molecule has 2 aromatic rings. The lowest BCUT2D eigenvalue weighted by atomic mass is 10.0. The van der Waals surface area contributed by atoms with E-state index in [0.717, 1.165) is 42.4 Å². The van der Waals surface area contributed by atoms with E-state index in [1.165, 1.54) is 6.33 Å². The maximum absolute atomic E-state index is 10.3. The number of aromatic nitrogens is 2. The average Bonchev–Trinajstić information content (AvgIpc) is 2.83. The third-order valence-corrected chi connectivity index (χ3v) is 3.78. The predicted molar refractivity (Wildman–Crippen MR) is 75.9 cm³/mol. The molecule has 4 N–H and O–H groups in total. The minimum absolute atomic E-state index is 0.531. The van der Waals surface area contributed by atoms with Gasteiger partial charge >= 0.3 is 0 Å². The average molecular weight is 258 g/mol. The summed E-state index contributed by atoms with van der Waals surface area (Å²) in [7, 11) is 0. The largest absolute Gasteiger partial charge is 0.399 e. The summed E-state index contributed by atoms with van der Waals surface area (Å²) in [4.78, 5) is 8.46. The van der Waals surface area contributed by atoms with Crippen LogP contribution in [0, 0.1) is 0 Å². The van der Waals surface area contributed by atoms with Crippen molar-refractivity contribution in [2.24, 2.45) is 0 Å². The van der Waals surface area contributed by atoms with E-state index in [0.29, 0.717) is 12.2 Å². The zero-order valence-corrected chi connectivity index (χ0v) is 10.8. The molecular weight excluding hydrogens is 240 g/mol. The van der Waals surface area contributed by atoms with Gasteiger partial charge in [-0.3, -0.25) is 0 Å². The number of anilines is 2. The Labute approximate surface area is 111 Å². The van der Waals surface area contributed by atoms with E-state index in [2.05, 4.69) is 15.3 Å². The van der Waals surface area contributed by atoms with Crippen molar-refractivity contribution in [3.05, 3.63) is 24.5 Å². The molecule has 5 heteroatoms. The van der Waals surface area contributed by atoms with Crippen molar-refractivity contribution in [2.75, 3.05) is 17.6 Å². The van der Waals surface area contributed by atoms with Crippen molar-refractivity contribution in [1.82, 2.24) is 9.97 Å². The van der Waals surface area contributed by atoms with Gasteiger partial charge in [0.05, 0.1) is 11.1 Å². The fourth-order valence-corrected chi connectivity index (χ4v) is 2.67. The number of benzene rings is 1. The van der Waals surface area contributed by atoms with Gasteiger partial charge in [0.2, 0.25) is 0 Å². The molecule has 1 aliphatic rings. The Balaban J connectivity index is 1.84. The summed E-state index contributed by atoms with van der Waals surface area (Å²) in [5, 5.41) is 14.5. The van der Waals surface area contributed by atoms with E-state index < -0.39 is 5.60 Å². The minimum atomic E-state index is -0.592. The molecule has 1 fully saturated rings. The highest BCUT2D eigenvalue weighted by atomic mass is 16.3. The number of aliphatic hydroxyl groups is 1. The van der Waals surface area contributed by atoms with Gasteiger partial charge in [0.1, 0.15) is 12.1 Å². The van der Waals surface area contributed by atoms with E-state index in [1.54, 1.807) is 0 Å². The highest BCUT2D eigenvalue weighted by Crippen LogP contribution is 2.30. The molecule has 0 unspecified atom stereocenters. The third kappa shape index (κ3) is 2.46. The van der Waals surface area contributed by atoms with Crippen LogP contribution in [0.1, 0.15) is 25.7 Å². The molecule has 3 rings (SSSR count). The molecule has 1 aliphatic carbocycles. The summed E-state index contributed by atoms with van der Waals surface area (Å²) in [6.45, 7) is 0.531. The van der Waals surface area contributed by atoms with Gasteiger partial charge in [-0.1, -0.05) is 12.8 Å². The molecular formula is C14H18N4O. The van der Waals surface area contributed by atoms with Crippen LogP contribution < -0.4 is 11.1 Å². The van der Waals surface area contributed by atoms with Gasteiger partial charge in [0.25, 0.3) is 0 Å². The fourth-order valence-electron chi connectivity index (χ4n) is 2.67. The molecule has 0 radical (unpaired) electrons. The molecule has 0 amide bonds. The van der Waals surface area contributed by atoms with Crippen LogP contribution in [0.5, 0.6) is 0 Å². The van der Waals surface area contributed by atoms with Gasteiger partial charge in [0, 0.05) is 17.6 Å². The van der Waals surface area contributed by atoms with Crippen LogP contribution in [0.25, 0.3) is 10.9 Å². The third-order valence-electron chi connectivity index (χ3n) is 3.78. The summed E-state index contributed by atoms with van der Waals surface area (Å²) >= 11 is 0. The number of hydrogen-bond donors (Lipinski definition) is 3. The molecule has 1 heterocycles. The van der Waals surface area contributed by atoms with Gasteiger partial charge in [-0.25, -0.2) is 9.97 Å². The molecule has 0 spiro atoms. The number of fused-ring (bicyclic) bond motifs is 1. The number of nitrogens with two attached hydrogens (primary N) is 1. The molecule has 0 saturated heterocycles. The summed E-state index contributed by atoms with van der Waals surface area (Å²) < 4.78 is 0. The van der Waals surface area contributed by atoms with Crippen molar-refractivity contribution in [3.8, 4) is 0 Å². The Morgan fingerprint density at radius 2 is 2.05 bits per heavy atom. The minimum Gasteiger partial charge on any atom is -0.399 e. The summed E-state index contributed by atoms with van der Waals surface area (Å²) in [5.74, 6) is 0.755. The maximum Gasteiger partial charge on any atom is 0.137 e. The topological polar surface area (TPSA) is 84.1 Å². The quantitative estimate of drug-likeness (QED) is 0.733. The summed E-state index contributed by atoms with van der Waals surface area (Å²) in [6, 6.07) is 5.57. The fraction of sp³-hybridized carbons (Fsp3) is 0.429. The predicted octanol–water partition coefficient (Wildman–Crippen LogP) is 1.93. The van der Waals surface area contributed by atoms with Gasteiger partial charge < -0.3 is 16.2 Å². The number of hydrogen-bond acceptors (Lipinski definition) is 5. The van der Waals surface area contributed by atoms with Crippen LogP contribution in [-0.2, 0) is 0 Å². The highest BCUT2D eigenvalue weighted by molar-refractivity contribution is 5.90. The van der Waals surface area contributed by atoms with Crippen molar-refractivity contribution in [2.45, 2.75) is 31.3 Å². The van der Waals surface area contributed by atoms with Crippen molar-refractivity contribution in [1.29, 1.82) is 0 Å². The monoisotopic (exact) mass is 258 g/mol. The molecule has 19 heavy (non-hydrogen) atoms. The Morgan fingerprint density at radius 1 is 1.26 bits per heavy atom. The molecule has 1 saturated carbocycles. The van der Waals surface area contributed by atoms with E-state index in [4.69, 9.17) is 5.73 Å². The van der Waals surface area contributed by atoms with Crippen LogP contribution in [0.4, 0.5) is 11.5 Å². The van der Waals surface area contributed by atoms with Crippen molar-refractivity contribution >= 4 is 22.4 Å². The smallest absolute Gasteiger partial charge is 0.137 e. The highest BCUT2D eigenvalue weighted by Gasteiger charge is 2.30. The second-order valence-corrected chi connectivity index (χ2v) is 5.28. The lowest BCUT2D eigenvalue weighted by molar-refractivity contribution is 0.0614. The second kappa shape index (κ2) is 4.66. The number of nitrogens with zero attached hydrogens (tertiary/aromatic N) is 2. The standard InChI is InChI=1S/C14H18N4O/c15-10-3-4-11-12(7-10)17-9-18-13(11)16-8-14(19)5-1-2-6-14/h3-4,7,9,19H,1-2,5-6,8,15H2,(H,16,17,18). The van der Waals surface area contributed by atoms with Crippen LogP contribution in [0.3, 0.4) is 0 Å². The van der Waals surface area contributed by atoms with Crippen LogP contribution in [-0.4, -0.2) is 27.2 Å². The molecule has 0 aliphatic heterocycles. The molecule has 1 aromatic carbocycles. The lowest BCUT2D eigenvalue weighted by Gasteiger charge is -2.23. The first kappa shape index (κ1) is 12.2. The Kier molecular flexibility index (Phi) is 2.98. The Hall–Kier alpha value is -1.88. The Bertz CT molecular complexity index is 593. The first-order valence-electron chi connectivity index (χ1n) is 6.63. The molecule has 5 nitrogen and oxygen atoms in total. The van der Waals surface area contributed by atoms with Gasteiger partial charge in [-0.15, -0.1) is 0 Å². The SMILES string of the molecule is Nc1ccc2c(NCC3(O)CCCC3)ncnc2c1. The lowest BCUT2D eigenvalue weighted by Crippen LogP contribution is -2.33. The summed E-state index contributed by atoms with van der Waals surface area (Å²) in [6.07, 6.45) is 5.42. The first-order chi connectivity index (χ1) is 9.16. The normalized spacial score (nSPS) is 17.7. The van der Waals surface area contributed by atoms with E-state index >= 15 is 0 Å². The van der Waals surface area contributed by atoms with Crippen molar-refractivity contribution < 1.29 is 5.11 Å². The zero-order chi connectivity index (χ0) is 13.3. The van der Waals surface area contributed by atoms with Gasteiger partial charge in [0.15, 0.2) is 0 Å². The van der Waals surface area contributed by atoms with Gasteiger partial charge in [-0.05, 0) is 31.0 Å². The number of rotatable bonds is 3. The summed E-state index contributed by atoms with van der Waals surface area (Å²) in [5.41, 5.74) is 6.66. The van der Waals surface area contributed by atoms with E-state index in [-0.39, 0.29) is 0 Å². The van der Waals surface area contributed by atoms with Crippen LogP contribution in [0.15, 0.2) is 24.5 Å².